The van der Waals surface area contributed by atoms with Gasteiger partial charge in [-0.3, -0.25) is 14.4 Å². The van der Waals surface area contributed by atoms with Crippen LogP contribution >= 0.6 is 0 Å². The number of fused-ring (bicyclic) bond motifs is 3. The molecule has 12 heteroatoms. The zero-order valence-electron chi connectivity index (χ0n) is 22.3. The number of hydrogen-bond donors (Lipinski definition) is 6. The molecule has 0 bridgehead atoms. The number of anilines is 1. The number of ketones is 2. The topological polar surface area (TPSA) is 200 Å². The van der Waals surface area contributed by atoms with Gasteiger partial charge in [0.15, 0.2) is 11.4 Å². The van der Waals surface area contributed by atoms with Gasteiger partial charge in [-0.1, -0.05) is 18.2 Å². The Labute approximate surface area is 234 Å². The minimum absolute atomic E-state index is 0.0329. The normalized spacial score (nSPS) is 23.4. The van der Waals surface area contributed by atoms with E-state index >= 15 is 0 Å². The monoisotopic (exact) mass is 563 g/mol. The van der Waals surface area contributed by atoms with Gasteiger partial charge in [-0.05, 0) is 42.5 Å². The molecule has 0 aliphatic heterocycles. The highest BCUT2D eigenvalue weighted by Crippen LogP contribution is 2.52. The van der Waals surface area contributed by atoms with Gasteiger partial charge in [-0.25, -0.2) is 4.79 Å². The third-order valence-electron chi connectivity index (χ3n) is 7.98. The first-order valence-corrected chi connectivity index (χ1v) is 12.9. The van der Waals surface area contributed by atoms with Gasteiger partial charge in [0.25, 0.3) is 5.91 Å². The van der Waals surface area contributed by atoms with Crippen molar-refractivity contribution in [1.82, 2.24) is 5.32 Å². The largest absolute Gasteiger partial charge is 0.511 e. The number of amides is 2. The first kappa shape index (κ1) is 27.7. The summed E-state index contributed by atoms with van der Waals surface area (Å²) in [5.41, 5.74) is 2.63. The maximum absolute atomic E-state index is 13.9. The van der Waals surface area contributed by atoms with Crippen LogP contribution in [0.5, 0.6) is 11.5 Å². The molecule has 2 aromatic rings. The number of Topliss-reactive ketones (excluding diaryl/α,β-unsaturated/α-hetero) is 2. The number of rotatable bonds is 5. The van der Waals surface area contributed by atoms with E-state index in [1.807, 2.05) is 0 Å². The van der Waals surface area contributed by atoms with E-state index in [1.165, 1.54) is 0 Å². The zero-order chi connectivity index (χ0) is 29.8. The molecule has 3 atom stereocenters. The van der Waals surface area contributed by atoms with E-state index in [1.54, 1.807) is 55.4 Å². The lowest BCUT2D eigenvalue weighted by molar-refractivity contribution is -0.144. The van der Waals surface area contributed by atoms with Crippen LogP contribution in [0.15, 0.2) is 59.1 Å². The fourth-order valence-corrected chi connectivity index (χ4v) is 6.05. The second kappa shape index (κ2) is 9.97. The third kappa shape index (κ3) is 4.36. The summed E-state index contributed by atoms with van der Waals surface area (Å²) in [7, 11) is 3.49. The summed E-state index contributed by atoms with van der Waals surface area (Å²) in [4.78, 5) is 53.0. The molecule has 3 aliphatic carbocycles. The predicted molar refractivity (Wildman–Crippen MR) is 144 cm³/mol. The number of para-hydroxylation sites is 1. The molecule has 0 saturated carbocycles. The van der Waals surface area contributed by atoms with Crippen LogP contribution in [0.1, 0.15) is 34.3 Å². The molecule has 5 rings (SSSR count). The van der Waals surface area contributed by atoms with Gasteiger partial charge in [0.05, 0.1) is 5.56 Å². The Morgan fingerprint density at radius 3 is 2.44 bits per heavy atom. The maximum atomic E-state index is 13.9. The summed E-state index contributed by atoms with van der Waals surface area (Å²) in [5.74, 6) is -6.65. The highest BCUT2D eigenvalue weighted by Gasteiger charge is 2.59. The molecule has 0 aromatic heterocycles. The Balaban J connectivity index is 1.54. The summed E-state index contributed by atoms with van der Waals surface area (Å²) < 4.78 is 5.21. The number of primary amides is 1. The molecule has 214 valence electrons. The molecule has 0 saturated heterocycles. The molecular weight excluding hydrogens is 534 g/mol. The average Bonchev–Trinajstić information content (AvgIpc) is 2.90. The van der Waals surface area contributed by atoms with Gasteiger partial charge in [0.2, 0.25) is 5.78 Å². The Hall–Kier alpha value is -4.84. The number of benzene rings is 2. The second-order valence-corrected chi connectivity index (χ2v) is 10.6. The van der Waals surface area contributed by atoms with Crippen LogP contribution in [0, 0.1) is 11.8 Å². The number of aromatic hydroxyl groups is 1. The van der Waals surface area contributed by atoms with Gasteiger partial charge >= 0.3 is 6.09 Å². The Bertz CT molecular complexity index is 1560. The molecule has 3 aliphatic rings. The highest BCUT2D eigenvalue weighted by atomic mass is 16.6. The molecule has 0 spiro atoms. The first-order valence-electron chi connectivity index (χ1n) is 12.9. The molecule has 0 fully saturated rings. The van der Waals surface area contributed by atoms with Gasteiger partial charge in [0, 0.05) is 49.8 Å². The minimum Gasteiger partial charge on any atom is -0.511 e. The molecule has 41 heavy (non-hydrogen) atoms. The number of nitrogens with zero attached hydrogens (tertiary/aromatic N) is 1. The number of carbonyl (C=O) groups excluding carboxylic acids is 4. The lowest BCUT2D eigenvalue weighted by Gasteiger charge is -2.46. The van der Waals surface area contributed by atoms with E-state index in [0.29, 0.717) is 17.0 Å². The molecule has 0 radical (unpaired) electrons. The molecule has 2 aromatic carbocycles. The summed E-state index contributed by atoms with van der Waals surface area (Å²) in [6.07, 6.45) is -0.890. The van der Waals surface area contributed by atoms with Crippen LogP contribution in [0.3, 0.4) is 0 Å². The van der Waals surface area contributed by atoms with Crippen molar-refractivity contribution in [2.45, 2.75) is 31.4 Å². The van der Waals surface area contributed by atoms with Crippen molar-refractivity contribution in [3.8, 4) is 11.5 Å². The number of phenols is 1. The lowest BCUT2D eigenvalue weighted by Crippen LogP contribution is -2.57. The number of aliphatic hydroxyl groups is 3. The van der Waals surface area contributed by atoms with E-state index in [-0.39, 0.29) is 42.5 Å². The SMILES string of the molecule is CN(C)c1cc(CNC(=O)Oc2ccccc2)c(O)c2c1C[C@H]1C[C@H]3CC(O)=C(C(N)=O)C(=O)[C@@]3(O)C(O)=C1C2=O. The van der Waals surface area contributed by atoms with Crippen LogP contribution in [0.2, 0.25) is 0 Å². The van der Waals surface area contributed by atoms with Crippen molar-refractivity contribution < 1.29 is 44.3 Å². The molecule has 12 nitrogen and oxygen atoms in total. The fraction of sp³-hybridized carbons (Fsp3) is 0.310. The van der Waals surface area contributed by atoms with E-state index in [0.717, 1.165) is 0 Å². The van der Waals surface area contributed by atoms with E-state index in [9.17, 15) is 39.6 Å². The van der Waals surface area contributed by atoms with Crippen molar-refractivity contribution in [2.24, 2.45) is 17.6 Å². The number of phenolic OH excluding ortho intramolecular Hbond substituents is 1. The fourth-order valence-electron chi connectivity index (χ4n) is 6.05. The van der Waals surface area contributed by atoms with Gasteiger partial charge in [-0.2, -0.15) is 0 Å². The van der Waals surface area contributed by atoms with Crippen molar-refractivity contribution in [1.29, 1.82) is 0 Å². The number of hydrogen-bond acceptors (Lipinski definition) is 10. The van der Waals surface area contributed by atoms with Crippen LogP contribution < -0.4 is 20.7 Å². The summed E-state index contributed by atoms with van der Waals surface area (Å²) in [6, 6.07) is 9.98. The molecule has 0 heterocycles. The predicted octanol–water partition coefficient (Wildman–Crippen LogP) is 1.94. The van der Waals surface area contributed by atoms with E-state index in [2.05, 4.69) is 5.32 Å². The number of ether oxygens (including phenoxy) is 1. The number of nitrogens with two attached hydrogens (primary N) is 1. The molecule has 0 unspecified atom stereocenters. The number of nitrogens with one attached hydrogen (secondary N) is 1. The summed E-state index contributed by atoms with van der Waals surface area (Å²) in [5, 5.41) is 46.7. The first-order chi connectivity index (χ1) is 19.4. The number of allylic oxidation sites excluding steroid dienone is 2. The van der Waals surface area contributed by atoms with Gasteiger partial charge < -0.3 is 41.1 Å². The lowest BCUT2D eigenvalue weighted by atomic mass is 9.60. The van der Waals surface area contributed by atoms with Crippen molar-refractivity contribution in [3.63, 3.8) is 0 Å². The average molecular weight is 564 g/mol. The Morgan fingerprint density at radius 2 is 1.80 bits per heavy atom. The quantitative estimate of drug-likeness (QED) is 0.292. The zero-order valence-corrected chi connectivity index (χ0v) is 22.3. The van der Waals surface area contributed by atoms with Crippen LogP contribution in [0.25, 0.3) is 0 Å². The second-order valence-electron chi connectivity index (χ2n) is 10.6. The third-order valence-corrected chi connectivity index (χ3v) is 7.98. The molecule has 7 N–H and O–H groups in total. The molecule has 2 amide bonds. The Morgan fingerprint density at radius 1 is 1.12 bits per heavy atom. The highest BCUT2D eigenvalue weighted by molar-refractivity contribution is 6.24. The van der Waals surface area contributed by atoms with E-state index < -0.39 is 63.8 Å². The molecular formula is C29H29N3O9. The van der Waals surface area contributed by atoms with Crippen molar-refractivity contribution in [2.75, 3.05) is 19.0 Å². The van der Waals surface area contributed by atoms with Crippen molar-refractivity contribution >= 4 is 29.3 Å². The Kier molecular flexibility index (Phi) is 6.74. The van der Waals surface area contributed by atoms with Crippen LogP contribution in [-0.2, 0) is 22.6 Å². The van der Waals surface area contributed by atoms with Crippen molar-refractivity contribution in [3.05, 3.63) is 75.8 Å². The van der Waals surface area contributed by atoms with Crippen LogP contribution in [0.4, 0.5) is 10.5 Å². The summed E-state index contributed by atoms with van der Waals surface area (Å²) >= 11 is 0. The van der Waals surface area contributed by atoms with Crippen LogP contribution in [-0.4, -0.2) is 63.7 Å². The standard InChI is InChI=1S/C29H29N3O9/c1-32(2)18-10-14(12-31-28(39)41-16-6-4-3-5-7-16)23(34)21-17(18)9-13-8-15-11-19(33)22(27(30)38)26(37)29(15,40)25(36)20(13)24(21)35/h3-7,10,13,15,33-34,36,40H,8-9,11-12H2,1-2H3,(H2,30,38)(H,31,39)/t13-,15+,29+/m1/s1. The summed E-state index contributed by atoms with van der Waals surface area (Å²) in [6.45, 7) is -0.204. The maximum Gasteiger partial charge on any atom is 0.412 e. The number of aliphatic hydroxyl groups excluding tert-OH is 2. The van der Waals surface area contributed by atoms with Gasteiger partial charge in [-0.15, -0.1) is 0 Å². The minimum atomic E-state index is -2.64. The van der Waals surface area contributed by atoms with Gasteiger partial charge in [0.1, 0.15) is 28.6 Å². The number of carbonyl (C=O) groups is 4. The smallest absolute Gasteiger partial charge is 0.412 e. The van der Waals surface area contributed by atoms with E-state index in [4.69, 9.17) is 10.5 Å².